The number of aliphatic hydroxyl groups is 2. The van der Waals surface area contributed by atoms with E-state index in [1.807, 2.05) is 13.0 Å². The van der Waals surface area contributed by atoms with Gasteiger partial charge in [-0.25, -0.2) is 0 Å². The fourth-order valence-corrected chi connectivity index (χ4v) is 1.89. The van der Waals surface area contributed by atoms with Crippen LogP contribution in [0.15, 0.2) is 18.2 Å². The van der Waals surface area contributed by atoms with Gasteiger partial charge in [0.05, 0.1) is 12.7 Å². The lowest BCUT2D eigenvalue weighted by Crippen LogP contribution is -2.33. The van der Waals surface area contributed by atoms with Crippen molar-refractivity contribution in [2.45, 2.75) is 25.6 Å². The van der Waals surface area contributed by atoms with Crippen LogP contribution < -0.4 is 10.1 Å². The lowest BCUT2D eigenvalue weighted by atomic mass is 10.2. The largest absolute Gasteiger partial charge is 0.491 e. The molecule has 1 aromatic carbocycles. The van der Waals surface area contributed by atoms with Crippen LogP contribution in [0.2, 0.25) is 5.02 Å². The van der Waals surface area contributed by atoms with Gasteiger partial charge >= 0.3 is 0 Å². The Kier molecular flexibility index (Phi) is 8.64. The van der Waals surface area contributed by atoms with Gasteiger partial charge in [-0.05, 0) is 43.7 Å². The third kappa shape index (κ3) is 7.64. The van der Waals surface area contributed by atoms with E-state index in [1.54, 1.807) is 19.2 Å². The minimum Gasteiger partial charge on any atom is -0.491 e. The third-order valence-electron chi connectivity index (χ3n) is 2.97. The van der Waals surface area contributed by atoms with Crippen LogP contribution in [0.1, 0.15) is 12.0 Å². The molecule has 0 aliphatic rings. The first-order chi connectivity index (χ1) is 10.0. The summed E-state index contributed by atoms with van der Waals surface area (Å²) in [5.74, 6) is 0.687. The summed E-state index contributed by atoms with van der Waals surface area (Å²) in [4.78, 5) is 0. The maximum atomic E-state index is 9.80. The van der Waals surface area contributed by atoms with Gasteiger partial charge in [0.15, 0.2) is 0 Å². The fraction of sp³-hybridized carbons (Fsp3) is 0.600. The zero-order valence-electron chi connectivity index (χ0n) is 12.5. The maximum absolute atomic E-state index is 9.80. The topological polar surface area (TPSA) is 71.0 Å². The van der Waals surface area contributed by atoms with Gasteiger partial charge in [0, 0.05) is 18.7 Å². The van der Waals surface area contributed by atoms with Gasteiger partial charge in [-0.2, -0.15) is 0 Å². The van der Waals surface area contributed by atoms with Gasteiger partial charge < -0.3 is 25.0 Å². The highest BCUT2D eigenvalue weighted by Gasteiger charge is 2.07. The Bertz CT molecular complexity index is 417. The zero-order valence-corrected chi connectivity index (χ0v) is 13.3. The Morgan fingerprint density at radius 1 is 1.24 bits per heavy atom. The van der Waals surface area contributed by atoms with Crippen LogP contribution in [0.3, 0.4) is 0 Å². The molecule has 21 heavy (non-hydrogen) atoms. The van der Waals surface area contributed by atoms with Crippen molar-refractivity contribution in [1.82, 2.24) is 5.32 Å². The average molecular weight is 318 g/mol. The molecule has 5 nitrogen and oxygen atoms in total. The molecule has 0 spiro atoms. The third-order valence-corrected chi connectivity index (χ3v) is 3.39. The number of methoxy groups -OCH3 is 1. The van der Waals surface area contributed by atoms with Crippen molar-refractivity contribution in [3.63, 3.8) is 0 Å². The van der Waals surface area contributed by atoms with E-state index in [9.17, 15) is 10.2 Å². The standard InChI is InChI=1S/C15H24ClNO4/c1-11-7-14(3-4-15(11)16)21-10-13(19)8-17-6-5-12(18)9-20-2/h3-4,7,12-13,17-19H,5-6,8-10H2,1-2H3. The summed E-state index contributed by atoms with van der Waals surface area (Å²) in [6, 6.07) is 5.38. The second-order valence-corrected chi connectivity index (χ2v) is 5.38. The quantitative estimate of drug-likeness (QED) is 0.569. The molecule has 120 valence electrons. The van der Waals surface area contributed by atoms with Gasteiger partial charge in [-0.3, -0.25) is 0 Å². The number of rotatable bonds is 10. The molecule has 6 heteroatoms. The lowest BCUT2D eigenvalue weighted by Gasteiger charge is -2.15. The van der Waals surface area contributed by atoms with Crippen molar-refractivity contribution >= 4 is 11.6 Å². The van der Waals surface area contributed by atoms with Crippen LogP contribution in [-0.2, 0) is 4.74 Å². The first-order valence-electron chi connectivity index (χ1n) is 6.97. The molecule has 0 saturated heterocycles. The molecule has 0 aromatic heterocycles. The van der Waals surface area contributed by atoms with Crippen LogP contribution in [0.5, 0.6) is 5.75 Å². The number of aryl methyl sites for hydroxylation is 1. The number of aliphatic hydroxyl groups excluding tert-OH is 2. The summed E-state index contributed by atoms with van der Waals surface area (Å²) in [6.07, 6.45) is -0.508. The molecule has 0 bridgehead atoms. The SMILES string of the molecule is COCC(O)CCNCC(O)COc1ccc(Cl)c(C)c1. The molecule has 0 aliphatic carbocycles. The second-order valence-electron chi connectivity index (χ2n) is 4.98. The lowest BCUT2D eigenvalue weighted by molar-refractivity contribution is 0.0577. The van der Waals surface area contributed by atoms with Gasteiger partial charge in [0.25, 0.3) is 0 Å². The van der Waals surface area contributed by atoms with Crippen LogP contribution in [0, 0.1) is 6.92 Å². The van der Waals surface area contributed by atoms with Crippen molar-refractivity contribution in [2.75, 3.05) is 33.4 Å². The smallest absolute Gasteiger partial charge is 0.119 e. The highest BCUT2D eigenvalue weighted by Crippen LogP contribution is 2.20. The van der Waals surface area contributed by atoms with Crippen molar-refractivity contribution in [1.29, 1.82) is 0 Å². The van der Waals surface area contributed by atoms with E-state index in [0.717, 1.165) is 5.56 Å². The predicted molar refractivity (Wildman–Crippen MR) is 83.1 cm³/mol. The minimum atomic E-state index is -0.611. The predicted octanol–water partition coefficient (Wildman–Crippen LogP) is 1.38. The summed E-state index contributed by atoms with van der Waals surface area (Å²) in [7, 11) is 1.55. The average Bonchev–Trinajstić information content (AvgIpc) is 2.45. The number of ether oxygens (including phenoxy) is 2. The number of hydrogen-bond acceptors (Lipinski definition) is 5. The van der Waals surface area contributed by atoms with E-state index < -0.39 is 12.2 Å². The summed E-state index contributed by atoms with van der Waals surface area (Å²) in [5, 5.41) is 23.0. The van der Waals surface area contributed by atoms with E-state index >= 15 is 0 Å². The van der Waals surface area contributed by atoms with E-state index in [2.05, 4.69) is 5.32 Å². The van der Waals surface area contributed by atoms with E-state index in [-0.39, 0.29) is 6.61 Å². The molecule has 0 amide bonds. The van der Waals surface area contributed by atoms with Gasteiger partial charge in [-0.15, -0.1) is 0 Å². The van der Waals surface area contributed by atoms with E-state index in [0.29, 0.717) is 36.9 Å². The Balaban J connectivity index is 2.16. The Morgan fingerprint density at radius 3 is 2.67 bits per heavy atom. The number of nitrogens with one attached hydrogen (secondary N) is 1. The molecule has 0 aliphatic heterocycles. The second kappa shape index (κ2) is 9.97. The van der Waals surface area contributed by atoms with Crippen LogP contribution in [0.4, 0.5) is 0 Å². The highest BCUT2D eigenvalue weighted by atomic mass is 35.5. The number of halogens is 1. The van der Waals surface area contributed by atoms with Crippen molar-refractivity contribution in [3.05, 3.63) is 28.8 Å². The Morgan fingerprint density at radius 2 is 2.00 bits per heavy atom. The molecule has 2 unspecified atom stereocenters. The first kappa shape index (κ1) is 18.2. The first-order valence-corrected chi connectivity index (χ1v) is 7.35. The van der Waals surface area contributed by atoms with Gasteiger partial charge in [0.2, 0.25) is 0 Å². The summed E-state index contributed by atoms with van der Waals surface area (Å²) in [5.41, 5.74) is 0.939. The van der Waals surface area contributed by atoms with Crippen molar-refractivity contribution in [2.24, 2.45) is 0 Å². The molecule has 0 saturated carbocycles. The fourth-order valence-electron chi connectivity index (χ4n) is 1.77. The summed E-state index contributed by atoms with van der Waals surface area (Å²) >= 11 is 5.93. The van der Waals surface area contributed by atoms with Gasteiger partial charge in [-0.1, -0.05) is 11.6 Å². The van der Waals surface area contributed by atoms with E-state index in [1.165, 1.54) is 0 Å². The monoisotopic (exact) mass is 317 g/mol. The van der Waals surface area contributed by atoms with Crippen molar-refractivity contribution in [3.8, 4) is 5.75 Å². The van der Waals surface area contributed by atoms with Crippen LogP contribution in [-0.4, -0.2) is 55.8 Å². The summed E-state index contributed by atoms with van der Waals surface area (Å²) in [6.45, 7) is 3.45. The molecule has 2 atom stereocenters. The summed E-state index contributed by atoms with van der Waals surface area (Å²) < 4.78 is 10.3. The Hall–Kier alpha value is -0.850. The van der Waals surface area contributed by atoms with Gasteiger partial charge in [0.1, 0.15) is 18.5 Å². The molecule has 0 radical (unpaired) electrons. The highest BCUT2D eigenvalue weighted by molar-refractivity contribution is 6.31. The van der Waals surface area contributed by atoms with Crippen LogP contribution in [0.25, 0.3) is 0 Å². The molecule has 1 aromatic rings. The molecular weight excluding hydrogens is 294 g/mol. The number of hydrogen-bond donors (Lipinski definition) is 3. The van der Waals surface area contributed by atoms with E-state index in [4.69, 9.17) is 21.1 Å². The van der Waals surface area contributed by atoms with Crippen LogP contribution >= 0.6 is 11.6 Å². The number of benzene rings is 1. The van der Waals surface area contributed by atoms with Crippen molar-refractivity contribution < 1.29 is 19.7 Å². The molecule has 3 N–H and O–H groups in total. The maximum Gasteiger partial charge on any atom is 0.119 e. The molecular formula is C15H24ClNO4. The molecule has 0 fully saturated rings. The minimum absolute atomic E-state index is 0.203. The molecule has 1 rings (SSSR count). The normalized spacial score (nSPS) is 14.0. The zero-order chi connectivity index (χ0) is 15.7. The molecule has 0 heterocycles. The Labute approximate surface area is 130 Å².